The van der Waals surface area contributed by atoms with Crippen molar-refractivity contribution < 1.29 is 9.94 Å². The second-order valence-electron chi connectivity index (χ2n) is 5.39. The van der Waals surface area contributed by atoms with E-state index in [1.54, 1.807) is 7.11 Å². The van der Waals surface area contributed by atoms with Crippen LogP contribution in [0, 0.1) is 0 Å². The van der Waals surface area contributed by atoms with Crippen molar-refractivity contribution in [1.29, 1.82) is 0 Å². The summed E-state index contributed by atoms with van der Waals surface area (Å²) in [7, 11) is 1.66. The first-order valence-electron chi connectivity index (χ1n) is 7.17. The third kappa shape index (κ3) is 4.35. The summed E-state index contributed by atoms with van der Waals surface area (Å²) in [4.78, 5) is 2.28. The Morgan fingerprint density at radius 3 is 2.81 bits per heavy atom. The van der Waals surface area contributed by atoms with Gasteiger partial charge in [0.25, 0.3) is 0 Å². The van der Waals surface area contributed by atoms with Crippen molar-refractivity contribution in [2.75, 3.05) is 13.7 Å². The number of nitrogens with two attached hydrogens (primary N) is 1. The van der Waals surface area contributed by atoms with E-state index >= 15 is 0 Å². The van der Waals surface area contributed by atoms with Crippen molar-refractivity contribution in [1.82, 2.24) is 4.90 Å². The molecular weight excluding hydrogens is 334 g/mol. The summed E-state index contributed by atoms with van der Waals surface area (Å²) in [5, 5.41) is 12.0. The van der Waals surface area contributed by atoms with Gasteiger partial charge in [0.1, 0.15) is 5.75 Å². The van der Waals surface area contributed by atoms with E-state index in [9.17, 15) is 0 Å². The minimum absolute atomic E-state index is 0.251. The molecule has 1 aromatic rings. The van der Waals surface area contributed by atoms with Crippen molar-refractivity contribution in [3.8, 4) is 5.75 Å². The van der Waals surface area contributed by atoms with Crippen molar-refractivity contribution in [3.05, 3.63) is 28.2 Å². The number of nitrogens with zero attached hydrogens (tertiary/aromatic N) is 2. The quantitative estimate of drug-likeness (QED) is 0.356. The summed E-state index contributed by atoms with van der Waals surface area (Å²) in [5.74, 6) is 1.09. The molecule has 0 radical (unpaired) electrons. The largest absolute Gasteiger partial charge is 0.497 e. The topological polar surface area (TPSA) is 71.1 Å². The van der Waals surface area contributed by atoms with Crippen molar-refractivity contribution in [2.45, 2.75) is 38.3 Å². The Balaban J connectivity index is 2.17. The molecule has 5 nitrogen and oxygen atoms in total. The maximum Gasteiger partial charge on any atom is 0.153 e. The van der Waals surface area contributed by atoms with Crippen LogP contribution in [-0.2, 0) is 6.54 Å². The van der Waals surface area contributed by atoms with Gasteiger partial charge in [0.15, 0.2) is 5.84 Å². The Bertz CT molecular complexity index is 502. The highest BCUT2D eigenvalue weighted by Crippen LogP contribution is 2.28. The number of rotatable bonds is 6. The van der Waals surface area contributed by atoms with Gasteiger partial charge in [-0.2, -0.15) is 0 Å². The van der Waals surface area contributed by atoms with Gasteiger partial charge in [-0.25, -0.2) is 0 Å². The molecule has 0 heterocycles. The van der Waals surface area contributed by atoms with Crippen LogP contribution >= 0.6 is 15.9 Å². The van der Waals surface area contributed by atoms with E-state index < -0.39 is 0 Å². The summed E-state index contributed by atoms with van der Waals surface area (Å²) >= 11 is 3.59. The van der Waals surface area contributed by atoms with Crippen LogP contribution in [0.3, 0.4) is 0 Å². The van der Waals surface area contributed by atoms with Gasteiger partial charge in [-0.3, -0.25) is 4.90 Å². The number of amidine groups is 1. The first-order valence-corrected chi connectivity index (χ1v) is 7.96. The fourth-order valence-corrected chi connectivity index (χ4v) is 3.21. The van der Waals surface area contributed by atoms with Gasteiger partial charge in [-0.1, -0.05) is 33.9 Å². The monoisotopic (exact) mass is 355 g/mol. The van der Waals surface area contributed by atoms with E-state index in [-0.39, 0.29) is 5.84 Å². The number of hydrogen-bond donors (Lipinski definition) is 2. The number of hydrogen-bond acceptors (Lipinski definition) is 4. The lowest BCUT2D eigenvalue weighted by Gasteiger charge is -2.28. The minimum atomic E-state index is 0.251. The van der Waals surface area contributed by atoms with Gasteiger partial charge >= 0.3 is 0 Å². The molecule has 1 aliphatic rings. The third-order valence-electron chi connectivity index (χ3n) is 3.96. The van der Waals surface area contributed by atoms with Gasteiger partial charge in [-0.15, -0.1) is 0 Å². The van der Waals surface area contributed by atoms with Gasteiger partial charge in [0, 0.05) is 17.1 Å². The average Bonchev–Trinajstić information content (AvgIpc) is 3.02. The second-order valence-corrected chi connectivity index (χ2v) is 6.25. The average molecular weight is 356 g/mol. The molecule has 0 unspecified atom stereocenters. The van der Waals surface area contributed by atoms with Crippen LogP contribution in [0.2, 0.25) is 0 Å². The minimum Gasteiger partial charge on any atom is -0.497 e. The van der Waals surface area contributed by atoms with Crippen LogP contribution in [0.25, 0.3) is 0 Å². The molecule has 1 aromatic carbocycles. The smallest absolute Gasteiger partial charge is 0.153 e. The van der Waals surface area contributed by atoms with E-state index in [0.717, 1.165) is 22.3 Å². The summed E-state index contributed by atoms with van der Waals surface area (Å²) in [6.45, 7) is 1.23. The molecule has 1 aliphatic carbocycles. The van der Waals surface area contributed by atoms with E-state index in [4.69, 9.17) is 15.7 Å². The molecular formula is C15H22BrN3O2. The maximum atomic E-state index is 8.84. The van der Waals surface area contributed by atoms with Gasteiger partial charge < -0.3 is 15.7 Å². The maximum absolute atomic E-state index is 8.84. The number of benzene rings is 1. The molecule has 0 amide bonds. The third-order valence-corrected chi connectivity index (χ3v) is 4.73. The summed E-state index contributed by atoms with van der Waals surface area (Å²) in [5.41, 5.74) is 6.86. The second kappa shape index (κ2) is 7.66. The molecule has 21 heavy (non-hydrogen) atoms. The number of ether oxygens (including phenoxy) is 1. The summed E-state index contributed by atoms with van der Waals surface area (Å²) in [6, 6.07) is 6.43. The van der Waals surface area contributed by atoms with E-state index in [0.29, 0.717) is 12.6 Å². The van der Waals surface area contributed by atoms with E-state index in [1.165, 1.54) is 25.7 Å². The lowest BCUT2D eigenvalue weighted by molar-refractivity contribution is 0.213. The zero-order valence-corrected chi connectivity index (χ0v) is 13.8. The van der Waals surface area contributed by atoms with Crippen molar-refractivity contribution in [3.63, 3.8) is 0 Å². The van der Waals surface area contributed by atoms with E-state index in [2.05, 4.69) is 26.0 Å². The van der Waals surface area contributed by atoms with Crippen LogP contribution in [0.15, 0.2) is 27.8 Å². The normalized spacial score (nSPS) is 16.6. The van der Waals surface area contributed by atoms with E-state index in [1.807, 2.05) is 18.2 Å². The zero-order valence-electron chi connectivity index (χ0n) is 12.3. The summed E-state index contributed by atoms with van der Waals surface area (Å²) < 4.78 is 6.34. The first-order chi connectivity index (χ1) is 10.1. The molecule has 0 bridgehead atoms. The Morgan fingerprint density at radius 1 is 1.48 bits per heavy atom. The highest BCUT2D eigenvalue weighted by molar-refractivity contribution is 9.10. The highest BCUT2D eigenvalue weighted by Gasteiger charge is 2.24. The van der Waals surface area contributed by atoms with Crippen molar-refractivity contribution in [2.24, 2.45) is 10.9 Å². The predicted octanol–water partition coefficient (Wildman–Crippen LogP) is 2.95. The lowest BCUT2D eigenvalue weighted by Crippen LogP contribution is -2.39. The zero-order chi connectivity index (χ0) is 15.2. The first kappa shape index (κ1) is 16.1. The Morgan fingerprint density at radius 2 is 2.19 bits per heavy atom. The molecule has 0 saturated heterocycles. The van der Waals surface area contributed by atoms with Gasteiger partial charge in [0.2, 0.25) is 0 Å². The van der Waals surface area contributed by atoms with Crippen LogP contribution in [0.5, 0.6) is 5.75 Å². The fraction of sp³-hybridized carbons (Fsp3) is 0.533. The van der Waals surface area contributed by atoms with Crippen LogP contribution in [0.4, 0.5) is 0 Å². The van der Waals surface area contributed by atoms with Crippen LogP contribution in [-0.4, -0.2) is 35.6 Å². The molecule has 0 atom stereocenters. The number of halogens is 1. The molecule has 0 aromatic heterocycles. The molecule has 1 fully saturated rings. The highest BCUT2D eigenvalue weighted by atomic mass is 79.9. The molecule has 2 rings (SSSR count). The Hall–Kier alpha value is -1.27. The standard InChI is InChI=1S/C15H22BrN3O2/c1-21-13-6-7-14(16)11(8-13)9-19(10-15(17)18-20)12-4-2-3-5-12/h6-8,12,20H,2-5,9-10H2,1H3,(H2,17,18). The van der Waals surface area contributed by atoms with Crippen molar-refractivity contribution >= 4 is 21.8 Å². The van der Waals surface area contributed by atoms with Crippen LogP contribution < -0.4 is 10.5 Å². The Kier molecular flexibility index (Phi) is 5.87. The molecule has 0 spiro atoms. The Labute approximate surface area is 133 Å². The lowest BCUT2D eigenvalue weighted by atomic mass is 10.1. The fourth-order valence-electron chi connectivity index (χ4n) is 2.84. The summed E-state index contributed by atoms with van der Waals surface area (Å²) in [6.07, 6.45) is 4.83. The predicted molar refractivity (Wildman–Crippen MR) is 86.8 cm³/mol. The van der Waals surface area contributed by atoms with Gasteiger partial charge in [0.05, 0.1) is 13.7 Å². The number of methoxy groups -OCH3 is 1. The SMILES string of the molecule is COc1ccc(Br)c(CN(CC(N)=NO)C2CCCC2)c1. The molecule has 6 heteroatoms. The van der Waals surface area contributed by atoms with Crippen LogP contribution in [0.1, 0.15) is 31.2 Å². The molecule has 116 valence electrons. The molecule has 1 saturated carbocycles. The molecule has 0 aliphatic heterocycles. The van der Waals surface area contributed by atoms with Gasteiger partial charge in [-0.05, 0) is 36.6 Å². The molecule has 3 N–H and O–H groups in total. The number of oxime groups is 1.